The van der Waals surface area contributed by atoms with E-state index < -0.39 is 35.8 Å². The summed E-state index contributed by atoms with van der Waals surface area (Å²) >= 11 is 1.19. The summed E-state index contributed by atoms with van der Waals surface area (Å²) in [5.74, 6) is -3.20. The molecule has 1 fully saturated rings. The van der Waals surface area contributed by atoms with E-state index in [0.717, 1.165) is 6.92 Å². The Hall–Kier alpha value is -3.26. The van der Waals surface area contributed by atoms with Crippen molar-refractivity contribution >= 4 is 35.4 Å². The van der Waals surface area contributed by atoms with Crippen LogP contribution in [0.1, 0.15) is 23.0 Å². The molecule has 2 aliphatic rings. The van der Waals surface area contributed by atoms with Gasteiger partial charge in [0.05, 0.1) is 11.5 Å². The number of amides is 3. The minimum absolute atomic E-state index is 0.0867. The highest BCUT2D eigenvalue weighted by molar-refractivity contribution is 7.97. The molecule has 1 aromatic heterocycles. The van der Waals surface area contributed by atoms with E-state index in [1.165, 1.54) is 35.0 Å². The number of alkyl halides is 3. The van der Waals surface area contributed by atoms with Crippen LogP contribution in [0.5, 0.6) is 5.75 Å². The fourth-order valence-electron chi connectivity index (χ4n) is 4.12. The molecule has 1 aromatic carbocycles. The lowest BCUT2D eigenvalue weighted by Gasteiger charge is -2.23. The molecule has 0 spiro atoms. The number of carbonyl (C=O) groups is 3. The van der Waals surface area contributed by atoms with E-state index in [4.69, 9.17) is 4.74 Å². The molecule has 9 nitrogen and oxygen atoms in total. The van der Waals surface area contributed by atoms with Gasteiger partial charge in [-0.1, -0.05) is 0 Å². The first-order valence-corrected chi connectivity index (χ1v) is 12.1. The van der Waals surface area contributed by atoms with Crippen molar-refractivity contribution < 1.29 is 36.7 Å². The molecule has 3 heterocycles. The van der Waals surface area contributed by atoms with Crippen LogP contribution in [-0.4, -0.2) is 65.1 Å². The molecule has 0 saturated carbocycles. The minimum Gasteiger partial charge on any atom is -0.489 e. The van der Waals surface area contributed by atoms with E-state index in [1.807, 2.05) is 0 Å². The van der Waals surface area contributed by atoms with E-state index in [1.54, 1.807) is 30.1 Å². The van der Waals surface area contributed by atoms with Gasteiger partial charge in [-0.05, 0) is 49.6 Å². The molecule has 0 radical (unpaired) electrons. The number of aryl methyl sites for hydroxylation is 2. The van der Waals surface area contributed by atoms with Crippen LogP contribution in [0.2, 0.25) is 0 Å². The van der Waals surface area contributed by atoms with Crippen LogP contribution in [0.25, 0.3) is 0 Å². The zero-order valence-corrected chi connectivity index (χ0v) is 20.9. The molecule has 4 rings (SSSR count). The molecule has 2 aliphatic heterocycles. The van der Waals surface area contributed by atoms with E-state index in [0.29, 0.717) is 21.9 Å². The molecule has 14 heteroatoms. The van der Waals surface area contributed by atoms with Crippen LogP contribution in [0, 0.1) is 18.7 Å². The standard InChI is InChI=1S/C23H25F4N5O4S/c1-11-6-14(4-5-15(11)24)29-20(33)18-19-17(9-31(18)3)37-30-16-8-32(7-13(16)10-36-19)22(35)21(34)28-12(2)23(25,26)27/h4-6,9,12-13,16,30H,7-8,10H2,1-3H3,(H,28,34)(H,29,33)/t12-,13-,16-/m0/s1. The third kappa shape index (κ3) is 5.69. The van der Waals surface area contributed by atoms with Gasteiger partial charge in [-0.25, -0.2) is 4.39 Å². The van der Waals surface area contributed by atoms with Crippen LogP contribution in [-0.2, 0) is 16.6 Å². The second kappa shape index (κ2) is 10.2. The molecule has 3 atom stereocenters. The Morgan fingerprint density at radius 1 is 1.24 bits per heavy atom. The molecule has 0 aliphatic carbocycles. The normalized spacial score (nSPS) is 20.1. The van der Waals surface area contributed by atoms with Gasteiger partial charge in [0.25, 0.3) is 5.91 Å². The molecule has 0 bridgehead atoms. The maximum Gasteiger partial charge on any atom is 0.408 e. The number of ether oxygens (including phenoxy) is 1. The molecule has 3 N–H and O–H groups in total. The average Bonchev–Trinajstić information content (AvgIpc) is 3.35. The van der Waals surface area contributed by atoms with Crippen molar-refractivity contribution in [1.82, 2.24) is 19.5 Å². The summed E-state index contributed by atoms with van der Waals surface area (Å²) in [6, 6.07) is 1.76. The molecular weight excluding hydrogens is 518 g/mol. The van der Waals surface area contributed by atoms with Gasteiger partial charge < -0.3 is 24.8 Å². The number of benzene rings is 1. The second-order valence-electron chi connectivity index (χ2n) is 9.04. The van der Waals surface area contributed by atoms with Crippen LogP contribution in [0.4, 0.5) is 23.2 Å². The van der Waals surface area contributed by atoms with Crippen molar-refractivity contribution in [3.8, 4) is 5.75 Å². The Labute approximate surface area is 214 Å². The number of rotatable bonds is 3. The average molecular weight is 544 g/mol. The van der Waals surface area contributed by atoms with Crippen LogP contribution in [0.3, 0.4) is 0 Å². The number of aromatic nitrogens is 1. The van der Waals surface area contributed by atoms with Gasteiger partial charge in [-0.2, -0.15) is 13.2 Å². The minimum atomic E-state index is -4.66. The van der Waals surface area contributed by atoms with Crippen LogP contribution >= 0.6 is 11.9 Å². The van der Waals surface area contributed by atoms with Crippen molar-refractivity contribution in [2.24, 2.45) is 13.0 Å². The van der Waals surface area contributed by atoms with E-state index >= 15 is 0 Å². The third-order valence-corrected chi connectivity index (χ3v) is 7.19. The van der Waals surface area contributed by atoms with Gasteiger partial charge in [-0.15, -0.1) is 0 Å². The van der Waals surface area contributed by atoms with Crippen molar-refractivity contribution in [3.05, 3.63) is 41.5 Å². The molecule has 3 amide bonds. The summed E-state index contributed by atoms with van der Waals surface area (Å²) in [7, 11) is 1.68. The topological polar surface area (TPSA) is 105 Å². The largest absolute Gasteiger partial charge is 0.489 e. The summed E-state index contributed by atoms with van der Waals surface area (Å²) in [4.78, 5) is 39.4. The van der Waals surface area contributed by atoms with Crippen LogP contribution < -0.4 is 20.1 Å². The summed E-state index contributed by atoms with van der Waals surface area (Å²) in [6.07, 6.45) is -2.97. The lowest BCUT2D eigenvalue weighted by Crippen LogP contribution is -2.50. The number of nitrogens with zero attached hydrogens (tertiary/aromatic N) is 2. The summed E-state index contributed by atoms with van der Waals surface area (Å²) < 4.78 is 62.6. The number of hydrogen-bond acceptors (Lipinski definition) is 6. The Balaban J connectivity index is 1.44. The van der Waals surface area contributed by atoms with E-state index in [-0.39, 0.29) is 37.4 Å². The van der Waals surface area contributed by atoms with Gasteiger partial charge in [0.15, 0.2) is 11.4 Å². The number of nitrogens with one attached hydrogen (secondary N) is 3. The fourth-order valence-corrected chi connectivity index (χ4v) is 5.12. The van der Waals surface area contributed by atoms with E-state index in [9.17, 15) is 31.9 Å². The summed E-state index contributed by atoms with van der Waals surface area (Å²) in [6.45, 7) is 2.63. The van der Waals surface area contributed by atoms with Crippen molar-refractivity contribution in [3.63, 3.8) is 0 Å². The van der Waals surface area contributed by atoms with Gasteiger partial charge in [0, 0.05) is 44.0 Å². The molecular formula is C23H25F4N5O4S. The van der Waals surface area contributed by atoms with Gasteiger partial charge in [-0.3, -0.25) is 19.1 Å². The molecule has 0 unspecified atom stereocenters. The molecule has 1 saturated heterocycles. The smallest absolute Gasteiger partial charge is 0.408 e. The maximum atomic E-state index is 13.6. The van der Waals surface area contributed by atoms with Crippen LogP contribution in [0.15, 0.2) is 29.3 Å². The quantitative estimate of drug-likeness (QED) is 0.313. The molecule has 37 heavy (non-hydrogen) atoms. The Kier molecular flexibility index (Phi) is 7.42. The Morgan fingerprint density at radius 3 is 2.65 bits per heavy atom. The highest BCUT2D eigenvalue weighted by atomic mass is 32.2. The zero-order valence-electron chi connectivity index (χ0n) is 20.1. The summed E-state index contributed by atoms with van der Waals surface area (Å²) in [5, 5.41) is 4.42. The zero-order chi connectivity index (χ0) is 27.1. The summed E-state index contributed by atoms with van der Waals surface area (Å²) in [5.41, 5.74) is 1.03. The maximum absolute atomic E-state index is 13.6. The van der Waals surface area contributed by atoms with Gasteiger partial charge >= 0.3 is 18.0 Å². The number of anilines is 1. The second-order valence-corrected chi connectivity index (χ2v) is 9.92. The lowest BCUT2D eigenvalue weighted by molar-refractivity contribution is -0.162. The number of hydrogen-bond donors (Lipinski definition) is 3. The van der Waals surface area contributed by atoms with Crippen molar-refractivity contribution in [2.45, 2.75) is 37.0 Å². The Morgan fingerprint density at radius 2 is 1.97 bits per heavy atom. The first kappa shape index (κ1) is 26.8. The lowest BCUT2D eigenvalue weighted by atomic mass is 10.1. The molecule has 200 valence electrons. The number of likely N-dealkylation sites (tertiary alicyclic amines) is 1. The molecule has 2 aromatic rings. The fraction of sp³-hybridized carbons (Fsp3) is 0.435. The number of fused-ring (bicyclic) bond motifs is 2. The number of halogens is 4. The highest BCUT2D eigenvalue weighted by Crippen LogP contribution is 2.37. The predicted octanol–water partition coefficient (Wildman–Crippen LogP) is 2.61. The monoisotopic (exact) mass is 543 g/mol. The van der Waals surface area contributed by atoms with Gasteiger partial charge in [0.1, 0.15) is 11.9 Å². The first-order chi connectivity index (χ1) is 17.3. The number of carbonyl (C=O) groups excluding carboxylic acids is 3. The SMILES string of the molecule is Cc1cc(NC(=O)c2c3c(cn2C)SN[C@H]2CN(C(=O)C(=O)N[C@@H](C)C(F)(F)F)C[C@H]2CO3)ccc1F. The highest BCUT2D eigenvalue weighted by Gasteiger charge is 2.42. The first-order valence-electron chi connectivity index (χ1n) is 11.3. The van der Waals surface area contributed by atoms with Crippen molar-refractivity contribution in [2.75, 3.05) is 25.0 Å². The van der Waals surface area contributed by atoms with Crippen molar-refractivity contribution in [1.29, 1.82) is 0 Å². The van der Waals surface area contributed by atoms with Gasteiger partial charge in [0.2, 0.25) is 0 Å². The third-order valence-electron chi connectivity index (χ3n) is 6.26. The Bertz CT molecular complexity index is 1230. The predicted molar refractivity (Wildman–Crippen MR) is 127 cm³/mol. The van der Waals surface area contributed by atoms with E-state index in [2.05, 4.69) is 10.0 Å².